The first kappa shape index (κ1) is 15.6. The Kier molecular flexibility index (Phi) is 7.06. The fraction of sp³-hybridized carbons (Fsp3) is 0.750. The summed E-state index contributed by atoms with van der Waals surface area (Å²) in [6.45, 7) is 1.92. The Balaban J connectivity index is 2.72. The molecule has 0 radical (unpaired) electrons. The van der Waals surface area contributed by atoms with Crippen molar-refractivity contribution in [2.24, 2.45) is 0 Å². The highest BCUT2D eigenvalue weighted by Crippen LogP contribution is 2.09. The largest absolute Gasteiger partial charge is 0.464 e. The van der Waals surface area contributed by atoms with Crippen LogP contribution in [0.3, 0.4) is 0 Å². The van der Waals surface area contributed by atoms with Crippen LogP contribution in [-0.2, 0) is 27.2 Å². The molecule has 0 N–H and O–H groups in total. The predicted octanol–water partition coefficient (Wildman–Crippen LogP) is 0.680. The number of hydrogen-bond acceptors (Lipinski definition) is 6. The van der Waals surface area contributed by atoms with Crippen LogP contribution in [0.1, 0.15) is 29.0 Å². The average molecular weight is 271 g/mol. The molecule has 1 aromatic heterocycles. The molecule has 0 fully saturated rings. The molecular formula is C12H21N3O4. The molecular weight excluding hydrogens is 250 g/mol. The zero-order valence-electron chi connectivity index (χ0n) is 11.7. The van der Waals surface area contributed by atoms with Gasteiger partial charge in [-0.2, -0.15) is 0 Å². The van der Waals surface area contributed by atoms with Crippen molar-refractivity contribution in [3.05, 3.63) is 11.4 Å². The smallest absolute Gasteiger partial charge is 0.360 e. The summed E-state index contributed by atoms with van der Waals surface area (Å²) < 4.78 is 16.5. The van der Waals surface area contributed by atoms with Crippen molar-refractivity contribution in [2.45, 2.75) is 25.8 Å². The Morgan fingerprint density at radius 1 is 1.16 bits per heavy atom. The number of rotatable bonds is 9. The number of esters is 1. The molecule has 1 aromatic rings. The van der Waals surface area contributed by atoms with Crippen LogP contribution in [-0.4, -0.2) is 55.5 Å². The maximum atomic E-state index is 11.6. The van der Waals surface area contributed by atoms with Crippen LogP contribution in [0.15, 0.2) is 0 Å². The number of aryl methyl sites for hydroxylation is 1. The molecule has 19 heavy (non-hydrogen) atoms. The van der Waals surface area contributed by atoms with Gasteiger partial charge in [-0.3, -0.25) is 0 Å². The van der Waals surface area contributed by atoms with Gasteiger partial charge in [0.1, 0.15) is 0 Å². The van der Waals surface area contributed by atoms with Crippen LogP contribution in [0, 0.1) is 0 Å². The Morgan fingerprint density at radius 2 is 1.89 bits per heavy atom. The lowest BCUT2D eigenvalue weighted by atomic mass is 10.2. The van der Waals surface area contributed by atoms with E-state index in [2.05, 4.69) is 10.3 Å². The third-order valence-corrected chi connectivity index (χ3v) is 2.73. The van der Waals surface area contributed by atoms with Crippen LogP contribution in [0.4, 0.5) is 0 Å². The van der Waals surface area contributed by atoms with Crippen molar-refractivity contribution in [2.75, 3.05) is 34.5 Å². The van der Waals surface area contributed by atoms with Gasteiger partial charge in [0.25, 0.3) is 0 Å². The number of ether oxygens (including phenoxy) is 3. The van der Waals surface area contributed by atoms with Crippen molar-refractivity contribution < 1.29 is 19.0 Å². The molecule has 0 aromatic carbocycles. The van der Waals surface area contributed by atoms with E-state index in [-0.39, 0.29) is 5.69 Å². The Bertz CT molecular complexity index is 392. The first-order valence-corrected chi connectivity index (χ1v) is 6.23. The minimum absolute atomic E-state index is 0.270. The van der Waals surface area contributed by atoms with Gasteiger partial charge in [0.2, 0.25) is 0 Å². The van der Waals surface area contributed by atoms with Crippen molar-refractivity contribution >= 4 is 5.97 Å². The maximum Gasteiger partial charge on any atom is 0.360 e. The van der Waals surface area contributed by atoms with E-state index in [1.165, 1.54) is 7.11 Å². The molecule has 0 atom stereocenters. The summed E-state index contributed by atoms with van der Waals surface area (Å²) >= 11 is 0. The summed E-state index contributed by atoms with van der Waals surface area (Å²) in [6, 6.07) is 0. The van der Waals surface area contributed by atoms with E-state index in [4.69, 9.17) is 14.2 Å². The fourth-order valence-electron chi connectivity index (χ4n) is 1.72. The van der Waals surface area contributed by atoms with Crippen LogP contribution >= 0.6 is 0 Å². The normalized spacial score (nSPS) is 10.7. The molecule has 0 amide bonds. The first-order valence-electron chi connectivity index (χ1n) is 6.23. The summed E-state index contributed by atoms with van der Waals surface area (Å²) in [7, 11) is 4.62. The number of carbonyl (C=O) groups excluding carboxylic acids is 1. The Hall–Kier alpha value is -1.47. The zero-order chi connectivity index (χ0) is 14.1. The number of methoxy groups -OCH3 is 3. The first-order chi connectivity index (χ1) is 9.24. The van der Waals surface area contributed by atoms with Gasteiger partial charge in [-0.05, 0) is 12.8 Å². The maximum absolute atomic E-state index is 11.6. The van der Waals surface area contributed by atoms with E-state index >= 15 is 0 Å². The standard InChI is InChI=1S/C12H21N3O4/c1-17-8-5-4-7-15-10(6-9-18-2)11(13-14-15)12(16)19-3/h4-9H2,1-3H3. The van der Waals surface area contributed by atoms with E-state index in [0.29, 0.717) is 26.2 Å². The highest BCUT2D eigenvalue weighted by Gasteiger charge is 2.19. The van der Waals surface area contributed by atoms with Crippen LogP contribution in [0.25, 0.3) is 0 Å². The van der Waals surface area contributed by atoms with Crippen LogP contribution in [0.5, 0.6) is 0 Å². The fourth-order valence-corrected chi connectivity index (χ4v) is 1.72. The molecule has 0 unspecified atom stereocenters. The molecule has 0 aliphatic heterocycles. The zero-order valence-corrected chi connectivity index (χ0v) is 11.7. The van der Waals surface area contributed by atoms with E-state index in [1.807, 2.05) is 0 Å². The molecule has 108 valence electrons. The van der Waals surface area contributed by atoms with Crippen LogP contribution in [0.2, 0.25) is 0 Å². The minimum atomic E-state index is -0.464. The SMILES string of the molecule is COCCCCn1nnc(C(=O)OC)c1CCOC. The lowest BCUT2D eigenvalue weighted by Gasteiger charge is -2.07. The van der Waals surface area contributed by atoms with E-state index in [0.717, 1.165) is 18.5 Å². The molecule has 0 aliphatic carbocycles. The van der Waals surface area contributed by atoms with Gasteiger partial charge < -0.3 is 14.2 Å². The topological polar surface area (TPSA) is 75.5 Å². The van der Waals surface area contributed by atoms with Gasteiger partial charge in [-0.25, -0.2) is 9.48 Å². The lowest BCUT2D eigenvalue weighted by Crippen LogP contribution is -2.12. The quantitative estimate of drug-likeness (QED) is 0.485. The highest BCUT2D eigenvalue weighted by molar-refractivity contribution is 5.88. The van der Waals surface area contributed by atoms with E-state index < -0.39 is 5.97 Å². The molecule has 7 nitrogen and oxygen atoms in total. The molecule has 0 bridgehead atoms. The van der Waals surface area contributed by atoms with Crippen molar-refractivity contribution in [1.82, 2.24) is 15.0 Å². The number of aromatic nitrogens is 3. The number of hydrogen-bond donors (Lipinski definition) is 0. The van der Waals surface area contributed by atoms with Crippen molar-refractivity contribution in [3.8, 4) is 0 Å². The monoisotopic (exact) mass is 271 g/mol. The molecule has 0 spiro atoms. The molecule has 7 heteroatoms. The number of unbranched alkanes of at least 4 members (excludes halogenated alkanes) is 1. The summed E-state index contributed by atoms with van der Waals surface area (Å²) in [5, 5.41) is 7.90. The number of carbonyl (C=O) groups is 1. The number of nitrogens with zero attached hydrogens (tertiary/aromatic N) is 3. The van der Waals surface area contributed by atoms with Gasteiger partial charge in [0.15, 0.2) is 5.69 Å². The third kappa shape index (κ3) is 4.60. The van der Waals surface area contributed by atoms with Gasteiger partial charge in [-0.15, -0.1) is 5.10 Å². The summed E-state index contributed by atoms with van der Waals surface area (Å²) in [5.74, 6) is -0.464. The van der Waals surface area contributed by atoms with Crippen LogP contribution < -0.4 is 0 Å². The summed E-state index contributed by atoms with van der Waals surface area (Å²) in [5.41, 5.74) is 1.03. The second-order valence-electron chi connectivity index (χ2n) is 4.04. The second kappa shape index (κ2) is 8.60. The molecule has 1 heterocycles. The van der Waals surface area contributed by atoms with Crippen molar-refractivity contribution in [3.63, 3.8) is 0 Å². The molecule has 0 saturated carbocycles. The Morgan fingerprint density at radius 3 is 2.53 bits per heavy atom. The highest BCUT2D eigenvalue weighted by atomic mass is 16.5. The molecule has 0 aliphatic rings. The second-order valence-corrected chi connectivity index (χ2v) is 4.04. The van der Waals surface area contributed by atoms with E-state index in [9.17, 15) is 4.79 Å². The van der Waals surface area contributed by atoms with Gasteiger partial charge in [0, 0.05) is 33.8 Å². The summed E-state index contributed by atoms with van der Waals surface area (Å²) in [4.78, 5) is 11.6. The van der Waals surface area contributed by atoms with E-state index in [1.54, 1.807) is 18.9 Å². The lowest BCUT2D eigenvalue weighted by molar-refractivity contribution is 0.0592. The predicted molar refractivity (Wildman–Crippen MR) is 68.1 cm³/mol. The van der Waals surface area contributed by atoms with Crippen molar-refractivity contribution in [1.29, 1.82) is 0 Å². The minimum Gasteiger partial charge on any atom is -0.464 e. The van der Waals surface area contributed by atoms with Gasteiger partial charge in [0.05, 0.1) is 19.4 Å². The van der Waals surface area contributed by atoms with Gasteiger partial charge in [-0.1, -0.05) is 5.21 Å². The molecule has 0 saturated heterocycles. The average Bonchev–Trinajstić information content (AvgIpc) is 2.83. The summed E-state index contributed by atoms with van der Waals surface area (Å²) in [6.07, 6.45) is 2.43. The third-order valence-electron chi connectivity index (χ3n) is 2.73. The molecule has 1 rings (SSSR count). The van der Waals surface area contributed by atoms with Gasteiger partial charge >= 0.3 is 5.97 Å². The Labute approximate surface area is 112 Å².